The van der Waals surface area contributed by atoms with Gasteiger partial charge in [0, 0.05) is 54.9 Å². The molecule has 0 N–H and O–H groups in total. The van der Waals surface area contributed by atoms with Gasteiger partial charge in [-0.25, -0.2) is 29.9 Å². The van der Waals surface area contributed by atoms with Gasteiger partial charge in [0.15, 0.2) is 34.9 Å². The molecule has 0 unspecified atom stereocenters. The van der Waals surface area contributed by atoms with Gasteiger partial charge in [-0.15, -0.1) is 0 Å². The highest BCUT2D eigenvalue weighted by molar-refractivity contribution is 6.15. The van der Waals surface area contributed by atoms with Crippen molar-refractivity contribution in [2.75, 3.05) is 0 Å². The van der Waals surface area contributed by atoms with Gasteiger partial charge in [-0.2, -0.15) is 0 Å². The van der Waals surface area contributed by atoms with Crippen molar-refractivity contribution in [3.8, 4) is 113 Å². The van der Waals surface area contributed by atoms with Crippen molar-refractivity contribution in [2.24, 2.45) is 0 Å². The molecular formula is C94H58N6O2. The molecule has 102 heavy (non-hydrogen) atoms. The van der Waals surface area contributed by atoms with Crippen LogP contribution in [0.2, 0.25) is 0 Å². The van der Waals surface area contributed by atoms with E-state index < -0.39 is 0 Å². The molecule has 0 aliphatic rings. The fourth-order valence-corrected chi connectivity index (χ4v) is 14.1. The third-order valence-corrected chi connectivity index (χ3v) is 19.4. The van der Waals surface area contributed by atoms with Crippen LogP contribution in [0.5, 0.6) is 0 Å². The summed E-state index contributed by atoms with van der Waals surface area (Å²) in [6.45, 7) is 0. The Morgan fingerprint density at radius 3 is 0.941 bits per heavy atom. The fraction of sp³-hybridized carbons (Fsp3) is 0. The highest BCUT2D eigenvalue weighted by Gasteiger charge is 2.21. The lowest BCUT2D eigenvalue weighted by Gasteiger charge is -2.11. The molecular weight excluding hydrogens is 1250 g/mol. The molecule has 16 aromatic carbocycles. The van der Waals surface area contributed by atoms with Crippen molar-refractivity contribution in [2.45, 2.75) is 0 Å². The van der Waals surface area contributed by atoms with Crippen LogP contribution in [0.25, 0.3) is 200 Å². The Morgan fingerprint density at radius 2 is 0.461 bits per heavy atom. The van der Waals surface area contributed by atoms with E-state index in [1.807, 2.05) is 36.4 Å². The molecule has 0 aliphatic carbocycles. The van der Waals surface area contributed by atoms with Gasteiger partial charge in [-0.3, -0.25) is 0 Å². The molecule has 8 nitrogen and oxygen atoms in total. The summed E-state index contributed by atoms with van der Waals surface area (Å²) in [5.41, 5.74) is 18.1. The Labute approximate surface area is 586 Å². The van der Waals surface area contributed by atoms with Crippen molar-refractivity contribution in [3.63, 3.8) is 0 Å². The van der Waals surface area contributed by atoms with Crippen LogP contribution in [0.4, 0.5) is 0 Å². The van der Waals surface area contributed by atoms with Gasteiger partial charge in [0.25, 0.3) is 0 Å². The third-order valence-electron chi connectivity index (χ3n) is 19.4. The summed E-state index contributed by atoms with van der Waals surface area (Å²) in [4.78, 5) is 30.8. The van der Waals surface area contributed by atoms with Crippen molar-refractivity contribution >= 4 is 87.0 Å². The molecule has 0 spiro atoms. The lowest BCUT2D eigenvalue weighted by Crippen LogP contribution is -2.00. The van der Waals surface area contributed by atoms with Crippen LogP contribution in [0.1, 0.15) is 0 Å². The predicted molar refractivity (Wildman–Crippen MR) is 419 cm³/mol. The van der Waals surface area contributed by atoms with Crippen LogP contribution in [0.15, 0.2) is 361 Å². The van der Waals surface area contributed by atoms with Gasteiger partial charge < -0.3 is 8.83 Å². The summed E-state index contributed by atoms with van der Waals surface area (Å²) in [6, 6.07) is 122. The smallest absolute Gasteiger partial charge is 0.164 e. The zero-order valence-electron chi connectivity index (χ0n) is 55.0. The monoisotopic (exact) mass is 1300 g/mol. The lowest BCUT2D eigenvalue weighted by molar-refractivity contribution is 0.669. The molecule has 0 saturated carbocycles. The second-order valence-corrected chi connectivity index (χ2v) is 25.8. The maximum Gasteiger partial charge on any atom is 0.164 e. The van der Waals surface area contributed by atoms with E-state index in [1.54, 1.807) is 0 Å². The van der Waals surface area contributed by atoms with Gasteiger partial charge in [0.1, 0.15) is 22.3 Å². The molecule has 0 bridgehead atoms. The van der Waals surface area contributed by atoms with Gasteiger partial charge >= 0.3 is 0 Å². The van der Waals surface area contributed by atoms with E-state index in [2.05, 4.69) is 315 Å². The number of hydrogen-bond donors (Lipinski definition) is 0. The third kappa shape index (κ3) is 11.3. The van der Waals surface area contributed by atoms with Crippen molar-refractivity contribution in [3.05, 3.63) is 352 Å². The van der Waals surface area contributed by atoms with E-state index in [1.165, 1.54) is 38.4 Å². The lowest BCUT2D eigenvalue weighted by atomic mass is 9.99. The number of nitrogens with zero attached hydrogens (tertiary/aromatic N) is 6. The Kier molecular flexibility index (Phi) is 14.7. The van der Waals surface area contributed by atoms with E-state index in [-0.39, 0.29) is 0 Å². The van der Waals surface area contributed by atoms with Gasteiger partial charge in [-0.05, 0) is 160 Å². The molecule has 476 valence electrons. The summed E-state index contributed by atoms with van der Waals surface area (Å²) in [5, 5.41) is 13.4. The van der Waals surface area contributed by atoms with Crippen molar-refractivity contribution in [1.82, 2.24) is 29.9 Å². The first-order chi connectivity index (χ1) is 50.4. The number of fused-ring (bicyclic) bond motifs is 10. The molecule has 20 aromatic rings. The van der Waals surface area contributed by atoms with Crippen LogP contribution in [0, 0.1) is 0 Å². The molecule has 0 radical (unpaired) electrons. The molecule has 8 heteroatoms. The molecule has 0 fully saturated rings. The van der Waals surface area contributed by atoms with E-state index in [0.29, 0.717) is 34.9 Å². The van der Waals surface area contributed by atoms with Gasteiger partial charge in [-0.1, -0.05) is 279 Å². The van der Waals surface area contributed by atoms with E-state index in [9.17, 15) is 0 Å². The number of hydrogen-bond acceptors (Lipinski definition) is 8. The first kappa shape index (κ1) is 59.4. The van der Waals surface area contributed by atoms with Crippen LogP contribution >= 0.6 is 0 Å². The van der Waals surface area contributed by atoms with Crippen LogP contribution in [-0.4, -0.2) is 29.9 Å². The zero-order chi connectivity index (χ0) is 67.5. The zero-order valence-corrected chi connectivity index (χ0v) is 55.0. The van der Waals surface area contributed by atoms with Crippen LogP contribution in [0.3, 0.4) is 0 Å². The summed E-state index contributed by atoms with van der Waals surface area (Å²) < 4.78 is 12.7. The molecule has 0 atom stereocenters. The van der Waals surface area contributed by atoms with Gasteiger partial charge in [0.2, 0.25) is 0 Å². The minimum absolute atomic E-state index is 0.599. The fourth-order valence-electron chi connectivity index (χ4n) is 14.1. The van der Waals surface area contributed by atoms with E-state index >= 15 is 0 Å². The quantitative estimate of drug-likeness (QED) is 0.133. The molecule has 0 amide bonds. The summed E-state index contributed by atoms with van der Waals surface area (Å²) >= 11 is 0. The van der Waals surface area contributed by atoms with Crippen molar-refractivity contribution in [1.29, 1.82) is 0 Å². The highest BCUT2D eigenvalue weighted by atomic mass is 16.3. The van der Waals surface area contributed by atoms with Crippen LogP contribution in [-0.2, 0) is 0 Å². The standard InChI is InChI=1S/2C47H29N3O/c1-2-10-30(11-3-1)32-20-22-33(23-21-32)35-16-8-17-38(26-35)45-48-46(39-25-24-31-12-4-5-13-34(31)27-39)50-47(49-45)40-18-9-19-42-44(40)41-28-36-14-6-7-15-37(36)29-43(41)51-42;1-2-9-30(10-3-1)32-17-19-33(20-18-32)35-15-8-16-38(25-35)45-48-46(39-22-21-31-11-4-5-12-34(31)26-39)50-47(49-45)40-23-24-43-41(28-40)42-27-36-13-6-7-14-37(36)29-44(42)51-43/h2*1-29H. The van der Waals surface area contributed by atoms with Gasteiger partial charge in [0.05, 0.1) is 0 Å². The summed E-state index contributed by atoms with van der Waals surface area (Å²) in [5.74, 6) is 3.69. The second kappa shape index (κ2) is 25.2. The summed E-state index contributed by atoms with van der Waals surface area (Å²) in [7, 11) is 0. The molecule has 0 aliphatic heterocycles. The SMILES string of the molecule is c1ccc(-c2ccc(-c3cccc(-c4nc(-c5ccc6ccccc6c5)nc(-c5ccc6oc7cc8ccccc8cc7c6c5)n4)c3)cc2)cc1.c1ccc(-c2ccc(-c3cccc(-c4nc(-c5ccc6ccccc6c5)nc(-c5cccc6oc7cc8ccccc8cc7c56)n4)c3)cc2)cc1. The molecule has 20 rings (SSSR count). The molecule has 4 heterocycles. The largest absolute Gasteiger partial charge is 0.456 e. The first-order valence-corrected chi connectivity index (χ1v) is 34.2. The van der Waals surface area contributed by atoms with E-state index in [0.717, 1.165) is 126 Å². The Balaban J connectivity index is 0.000000141. The second-order valence-electron chi connectivity index (χ2n) is 25.8. The topological polar surface area (TPSA) is 104 Å². The highest BCUT2D eigenvalue weighted by Crippen LogP contribution is 2.41. The average Bonchev–Trinajstić information content (AvgIpc) is 1.54. The predicted octanol–water partition coefficient (Wildman–Crippen LogP) is 24.8. The number of furan rings is 2. The van der Waals surface area contributed by atoms with E-state index in [4.69, 9.17) is 38.7 Å². The Hall–Kier alpha value is -13.8. The normalized spacial score (nSPS) is 11.5. The number of rotatable bonds is 10. The van der Waals surface area contributed by atoms with Crippen molar-refractivity contribution < 1.29 is 8.83 Å². The Bertz CT molecular complexity index is 6630. The minimum Gasteiger partial charge on any atom is -0.456 e. The summed E-state index contributed by atoms with van der Waals surface area (Å²) in [6.07, 6.45) is 0. The number of benzene rings is 16. The number of aromatic nitrogens is 6. The molecule has 4 aromatic heterocycles. The maximum atomic E-state index is 6.43. The van der Waals surface area contributed by atoms with Crippen LogP contribution < -0.4 is 0 Å². The Morgan fingerprint density at radius 1 is 0.157 bits per heavy atom. The maximum absolute atomic E-state index is 6.43. The molecule has 0 saturated heterocycles. The average molecular weight is 1300 g/mol. The first-order valence-electron chi connectivity index (χ1n) is 34.2. The minimum atomic E-state index is 0.599.